The van der Waals surface area contributed by atoms with Gasteiger partial charge in [0.1, 0.15) is 0 Å². The molecule has 1 rings (SSSR count). The molecule has 0 atom stereocenters. The molecule has 0 aliphatic heterocycles. The molecule has 0 aliphatic carbocycles. The summed E-state index contributed by atoms with van der Waals surface area (Å²) in [5, 5.41) is 1.00. The van der Waals surface area contributed by atoms with Gasteiger partial charge in [-0.05, 0) is 44.9 Å². The first-order chi connectivity index (χ1) is 10.6. The van der Waals surface area contributed by atoms with Crippen LogP contribution in [0.15, 0.2) is 24.3 Å². The van der Waals surface area contributed by atoms with Crippen LogP contribution in [0.2, 0.25) is 10.0 Å². The van der Waals surface area contributed by atoms with E-state index in [4.69, 9.17) is 23.2 Å². The fourth-order valence-corrected chi connectivity index (χ4v) is 2.52. The van der Waals surface area contributed by atoms with Crippen LogP contribution in [-0.2, 0) is 4.79 Å². The third kappa shape index (κ3) is 7.05. The highest BCUT2D eigenvalue weighted by Crippen LogP contribution is 2.24. The lowest BCUT2D eigenvalue weighted by molar-refractivity contribution is -0.122. The van der Waals surface area contributed by atoms with Crippen LogP contribution in [0.25, 0.3) is 6.08 Å². The summed E-state index contributed by atoms with van der Waals surface area (Å²) in [5.41, 5.74) is 0.429. The van der Waals surface area contributed by atoms with E-state index >= 15 is 0 Å². The molecule has 0 heterocycles. The highest BCUT2D eigenvalue weighted by molar-refractivity contribution is 6.42. The summed E-state index contributed by atoms with van der Waals surface area (Å²) in [5.74, 6) is 0.0975. The van der Waals surface area contributed by atoms with Crippen molar-refractivity contribution in [3.63, 3.8) is 0 Å². The van der Waals surface area contributed by atoms with E-state index in [1.807, 2.05) is 41.1 Å². The Kier molecular flexibility index (Phi) is 7.75. The lowest BCUT2D eigenvalue weighted by Gasteiger charge is -2.28. The van der Waals surface area contributed by atoms with E-state index in [-0.39, 0.29) is 5.78 Å². The Labute approximate surface area is 149 Å². The summed E-state index contributed by atoms with van der Waals surface area (Å²) in [6.07, 6.45) is 3.41. The molecule has 0 aromatic heterocycles. The van der Waals surface area contributed by atoms with Gasteiger partial charge in [0.25, 0.3) is 0 Å². The fraction of sp³-hybridized carbons (Fsp3) is 0.500. The number of hydrogen-bond donors (Lipinski definition) is 0. The molecular weight excluding hydrogens is 331 g/mol. The van der Waals surface area contributed by atoms with Crippen molar-refractivity contribution in [2.75, 3.05) is 40.8 Å². The molecule has 0 unspecified atom stereocenters. The van der Waals surface area contributed by atoms with Crippen molar-refractivity contribution in [1.29, 1.82) is 0 Å². The SMILES string of the molecule is CN(C)CCN(C)CC(C)(C)C(=O)/C=C/c1ccc(Cl)c(Cl)c1. The van der Waals surface area contributed by atoms with Gasteiger partial charge in [-0.25, -0.2) is 0 Å². The molecule has 0 spiro atoms. The highest BCUT2D eigenvalue weighted by atomic mass is 35.5. The van der Waals surface area contributed by atoms with E-state index in [9.17, 15) is 4.79 Å². The van der Waals surface area contributed by atoms with Crippen molar-refractivity contribution in [2.24, 2.45) is 5.41 Å². The molecule has 0 fully saturated rings. The summed E-state index contributed by atoms with van der Waals surface area (Å²) in [4.78, 5) is 16.8. The molecule has 0 aliphatic rings. The van der Waals surface area contributed by atoms with E-state index in [1.54, 1.807) is 24.3 Å². The number of hydrogen-bond acceptors (Lipinski definition) is 3. The second-order valence-electron chi connectivity index (χ2n) is 6.80. The smallest absolute Gasteiger partial charge is 0.162 e. The maximum absolute atomic E-state index is 12.5. The number of halogens is 2. The minimum Gasteiger partial charge on any atom is -0.308 e. The Hall–Kier alpha value is -0.870. The third-order valence-corrected chi connectivity index (χ3v) is 4.37. The molecule has 0 radical (unpaired) electrons. The molecule has 23 heavy (non-hydrogen) atoms. The second kappa shape index (κ2) is 8.84. The number of rotatable bonds is 8. The zero-order valence-electron chi connectivity index (χ0n) is 14.6. The predicted molar refractivity (Wildman–Crippen MR) is 100 cm³/mol. The van der Waals surface area contributed by atoms with E-state index in [0.717, 1.165) is 18.7 Å². The maximum atomic E-state index is 12.5. The van der Waals surface area contributed by atoms with Gasteiger partial charge in [0.05, 0.1) is 10.0 Å². The maximum Gasteiger partial charge on any atom is 0.162 e. The minimum atomic E-state index is -0.437. The fourth-order valence-electron chi connectivity index (χ4n) is 2.22. The van der Waals surface area contributed by atoms with E-state index in [0.29, 0.717) is 16.6 Å². The van der Waals surface area contributed by atoms with E-state index in [2.05, 4.69) is 9.80 Å². The average molecular weight is 357 g/mol. The topological polar surface area (TPSA) is 23.6 Å². The van der Waals surface area contributed by atoms with E-state index in [1.165, 1.54) is 0 Å². The van der Waals surface area contributed by atoms with Crippen molar-refractivity contribution >= 4 is 35.1 Å². The summed E-state index contributed by atoms with van der Waals surface area (Å²) >= 11 is 11.9. The zero-order valence-corrected chi connectivity index (χ0v) is 16.1. The van der Waals surface area contributed by atoms with Gasteiger partial charge in [-0.2, -0.15) is 0 Å². The minimum absolute atomic E-state index is 0.0975. The van der Waals surface area contributed by atoms with Gasteiger partial charge in [-0.1, -0.05) is 49.2 Å². The Morgan fingerprint density at radius 2 is 1.78 bits per heavy atom. The number of allylic oxidation sites excluding steroid dienone is 1. The van der Waals surface area contributed by atoms with E-state index < -0.39 is 5.41 Å². The van der Waals surface area contributed by atoms with Crippen molar-refractivity contribution in [1.82, 2.24) is 9.80 Å². The van der Waals surface area contributed by atoms with Gasteiger partial charge >= 0.3 is 0 Å². The monoisotopic (exact) mass is 356 g/mol. The number of carbonyl (C=O) groups is 1. The number of ketones is 1. The largest absolute Gasteiger partial charge is 0.308 e. The lowest BCUT2D eigenvalue weighted by atomic mass is 9.87. The first kappa shape index (κ1) is 20.2. The average Bonchev–Trinajstić information content (AvgIpc) is 2.45. The first-order valence-electron chi connectivity index (χ1n) is 7.62. The first-order valence-corrected chi connectivity index (χ1v) is 8.38. The molecule has 3 nitrogen and oxygen atoms in total. The van der Waals surface area contributed by atoms with Crippen LogP contribution in [-0.4, -0.2) is 56.4 Å². The van der Waals surface area contributed by atoms with Crippen molar-refractivity contribution in [3.05, 3.63) is 39.9 Å². The second-order valence-corrected chi connectivity index (χ2v) is 7.61. The molecule has 0 saturated carbocycles. The molecule has 0 bridgehead atoms. The Balaban J connectivity index is 2.66. The van der Waals surface area contributed by atoms with Crippen LogP contribution < -0.4 is 0 Å². The quantitative estimate of drug-likeness (QED) is 0.655. The Morgan fingerprint density at radius 1 is 1.13 bits per heavy atom. The van der Waals surface area contributed by atoms with Crippen LogP contribution in [0.4, 0.5) is 0 Å². The van der Waals surface area contributed by atoms with Crippen LogP contribution in [0.1, 0.15) is 19.4 Å². The molecule has 0 N–H and O–H groups in total. The zero-order chi connectivity index (χ0) is 17.6. The molecule has 128 valence electrons. The highest BCUT2D eigenvalue weighted by Gasteiger charge is 2.26. The lowest BCUT2D eigenvalue weighted by Crippen LogP contribution is -2.39. The third-order valence-electron chi connectivity index (χ3n) is 3.63. The normalized spacial score (nSPS) is 12.6. The molecule has 0 amide bonds. The van der Waals surface area contributed by atoms with Crippen LogP contribution in [0.3, 0.4) is 0 Å². The van der Waals surface area contributed by atoms with Crippen LogP contribution in [0, 0.1) is 5.41 Å². The number of benzene rings is 1. The van der Waals surface area contributed by atoms with Gasteiger partial charge < -0.3 is 9.80 Å². The van der Waals surface area contributed by atoms with Gasteiger partial charge in [0.15, 0.2) is 5.78 Å². The van der Waals surface area contributed by atoms with Crippen LogP contribution >= 0.6 is 23.2 Å². The van der Waals surface area contributed by atoms with Crippen molar-refractivity contribution in [3.8, 4) is 0 Å². The van der Waals surface area contributed by atoms with Gasteiger partial charge in [0.2, 0.25) is 0 Å². The summed E-state index contributed by atoms with van der Waals surface area (Å²) < 4.78 is 0. The predicted octanol–water partition coefficient (Wildman–Crippen LogP) is 4.10. The van der Waals surface area contributed by atoms with Crippen LogP contribution in [0.5, 0.6) is 0 Å². The Bertz CT molecular complexity index is 568. The molecule has 1 aromatic rings. The summed E-state index contributed by atoms with van der Waals surface area (Å²) in [6, 6.07) is 5.33. The summed E-state index contributed by atoms with van der Waals surface area (Å²) in [7, 11) is 6.13. The van der Waals surface area contributed by atoms with Crippen molar-refractivity contribution in [2.45, 2.75) is 13.8 Å². The van der Waals surface area contributed by atoms with Gasteiger partial charge in [0, 0.05) is 25.0 Å². The van der Waals surface area contributed by atoms with Crippen molar-refractivity contribution < 1.29 is 4.79 Å². The number of carbonyl (C=O) groups excluding carboxylic acids is 1. The molecule has 0 saturated heterocycles. The van der Waals surface area contributed by atoms with Gasteiger partial charge in [-0.15, -0.1) is 0 Å². The molecule has 1 aromatic carbocycles. The molecule has 5 heteroatoms. The molecular formula is C18H26Cl2N2O. The number of nitrogens with zero attached hydrogens (tertiary/aromatic N) is 2. The summed E-state index contributed by atoms with van der Waals surface area (Å²) in [6.45, 7) is 6.56. The standard InChI is InChI=1S/C18H26Cl2N2O/c1-18(2,13-22(5)11-10-21(3)4)17(23)9-7-14-6-8-15(19)16(20)12-14/h6-9,12H,10-11,13H2,1-5H3/b9-7+. The number of likely N-dealkylation sites (N-methyl/N-ethyl adjacent to an activating group) is 2. The Morgan fingerprint density at radius 3 is 2.35 bits per heavy atom. The van der Waals surface area contributed by atoms with Gasteiger partial charge in [-0.3, -0.25) is 4.79 Å².